The summed E-state index contributed by atoms with van der Waals surface area (Å²) in [4.78, 5) is 10.6. The second-order valence-corrected chi connectivity index (χ2v) is 2.70. The van der Waals surface area contributed by atoms with E-state index in [1.807, 2.05) is 0 Å². The lowest BCUT2D eigenvalue weighted by molar-refractivity contribution is 0.0697. The largest absolute Gasteiger partial charge is 0.478 e. The Kier molecular flexibility index (Phi) is 2.89. The number of hydrogen-bond acceptors (Lipinski definition) is 2. The molecule has 0 aliphatic heterocycles. The van der Waals surface area contributed by atoms with E-state index in [0.29, 0.717) is 5.56 Å². The Labute approximate surface area is 81.6 Å². The first-order chi connectivity index (χ1) is 6.65. The summed E-state index contributed by atoms with van der Waals surface area (Å²) in [6, 6.07) is 6.30. The molecule has 3 nitrogen and oxygen atoms in total. The number of carboxylic acids is 1. The minimum absolute atomic E-state index is 0.227. The predicted molar refractivity (Wildman–Crippen MR) is 50.6 cm³/mol. The van der Waals surface area contributed by atoms with Gasteiger partial charge in [-0.3, -0.25) is 0 Å². The zero-order chi connectivity index (χ0) is 10.6. The summed E-state index contributed by atoms with van der Waals surface area (Å²) in [7, 11) is 0. The van der Waals surface area contributed by atoms with Crippen LogP contribution in [0.2, 0.25) is 0 Å². The predicted octanol–water partition coefficient (Wildman–Crippen LogP) is 1.57. The van der Waals surface area contributed by atoms with Crippen LogP contribution in [0.3, 0.4) is 0 Å². The molecule has 0 aliphatic carbocycles. The van der Waals surface area contributed by atoms with Crippen LogP contribution in [-0.4, -0.2) is 11.1 Å². The molecule has 0 saturated carbocycles. The normalized spacial score (nSPS) is 8.29. The van der Waals surface area contributed by atoms with E-state index in [1.54, 1.807) is 19.1 Å². The maximum atomic E-state index is 10.6. The number of hydrogen-bond donors (Lipinski definition) is 1. The lowest BCUT2D eigenvalue weighted by Gasteiger charge is -1.99. The van der Waals surface area contributed by atoms with Crippen LogP contribution < -0.4 is 0 Å². The standard InChI is InChI=1S/C11H7NO2/c1-8-7-10(11(13)14)5-4-9(8)3-2-6-12/h4-5,7H,1H3,(H,13,14). The summed E-state index contributed by atoms with van der Waals surface area (Å²) in [6.45, 7) is 1.76. The van der Waals surface area contributed by atoms with Gasteiger partial charge in [0.15, 0.2) is 6.07 Å². The van der Waals surface area contributed by atoms with E-state index >= 15 is 0 Å². The Hall–Kier alpha value is -2.26. The number of benzene rings is 1. The van der Waals surface area contributed by atoms with Crippen molar-refractivity contribution in [2.75, 3.05) is 0 Å². The molecule has 0 saturated heterocycles. The average Bonchev–Trinajstić information content (AvgIpc) is 2.15. The molecule has 1 aromatic rings. The maximum absolute atomic E-state index is 10.6. The molecule has 0 fully saturated rings. The smallest absolute Gasteiger partial charge is 0.335 e. The van der Waals surface area contributed by atoms with E-state index in [-0.39, 0.29) is 5.56 Å². The molecule has 3 heteroatoms. The molecule has 0 amide bonds. The molecule has 1 rings (SSSR count). The lowest BCUT2D eigenvalue weighted by atomic mass is 10.1. The molecule has 0 aliphatic rings. The van der Waals surface area contributed by atoms with E-state index in [9.17, 15) is 4.79 Å². The SMILES string of the molecule is Cc1cc(C(=O)O)ccc1C#CC#N. The third-order valence-corrected chi connectivity index (χ3v) is 1.73. The molecule has 1 N–H and O–H groups in total. The third kappa shape index (κ3) is 2.12. The first kappa shape index (κ1) is 9.83. The number of nitriles is 1. The van der Waals surface area contributed by atoms with Gasteiger partial charge in [0.05, 0.1) is 5.56 Å². The van der Waals surface area contributed by atoms with Gasteiger partial charge in [-0.15, -0.1) is 0 Å². The molecule has 0 bridgehead atoms. The van der Waals surface area contributed by atoms with Gasteiger partial charge in [-0.1, -0.05) is 5.92 Å². The quantitative estimate of drug-likeness (QED) is 0.675. The second kappa shape index (κ2) is 4.11. The van der Waals surface area contributed by atoms with Gasteiger partial charge in [-0.05, 0) is 30.7 Å². The van der Waals surface area contributed by atoms with E-state index in [1.165, 1.54) is 12.1 Å². The van der Waals surface area contributed by atoms with Crippen molar-refractivity contribution in [2.24, 2.45) is 0 Å². The van der Waals surface area contributed by atoms with Crippen molar-refractivity contribution in [3.63, 3.8) is 0 Å². The summed E-state index contributed by atoms with van der Waals surface area (Å²) in [5.74, 6) is 3.92. The third-order valence-electron chi connectivity index (χ3n) is 1.73. The maximum Gasteiger partial charge on any atom is 0.335 e. The van der Waals surface area contributed by atoms with Gasteiger partial charge in [-0.25, -0.2) is 4.79 Å². The molecule has 0 radical (unpaired) electrons. The van der Waals surface area contributed by atoms with E-state index in [0.717, 1.165) is 5.56 Å². The van der Waals surface area contributed by atoms with E-state index in [4.69, 9.17) is 10.4 Å². The molecule has 68 valence electrons. The summed E-state index contributed by atoms with van der Waals surface area (Å²) in [5.41, 5.74) is 1.66. The molecular formula is C11H7NO2. The van der Waals surface area contributed by atoms with Gasteiger partial charge in [0.25, 0.3) is 0 Å². The average molecular weight is 185 g/mol. The summed E-state index contributed by atoms with van der Waals surface area (Å²) in [6.07, 6.45) is 0. The van der Waals surface area contributed by atoms with Crippen LogP contribution in [0.25, 0.3) is 0 Å². The van der Waals surface area contributed by atoms with Gasteiger partial charge in [-0.2, -0.15) is 5.26 Å². The molecule has 0 aromatic heterocycles. The van der Waals surface area contributed by atoms with Crippen LogP contribution in [0.4, 0.5) is 0 Å². The summed E-state index contributed by atoms with van der Waals surface area (Å²) < 4.78 is 0. The zero-order valence-corrected chi connectivity index (χ0v) is 7.53. The van der Waals surface area contributed by atoms with Crippen molar-refractivity contribution in [1.29, 1.82) is 5.26 Å². The van der Waals surface area contributed by atoms with E-state index < -0.39 is 5.97 Å². The summed E-state index contributed by atoms with van der Waals surface area (Å²) in [5, 5.41) is 16.9. The van der Waals surface area contributed by atoms with Gasteiger partial charge in [0.1, 0.15) is 0 Å². The minimum Gasteiger partial charge on any atom is -0.478 e. The van der Waals surface area contributed by atoms with Crippen LogP contribution in [0.15, 0.2) is 18.2 Å². The zero-order valence-electron chi connectivity index (χ0n) is 7.53. The number of carboxylic acid groups (broad SMARTS) is 1. The van der Waals surface area contributed by atoms with Crippen LogP contribution in [0.5, 0.6) is 0 Å². The molecule has 0 unspecified atom stereocenters. The van der Waals surface area contributed by atoms with Gasteiger partial charge < -0.3 is 5.11 Å². The molecular weight excluding hydrogens is 178 g/mol. The highest BCUT2D eigenvalue weighted by atomic mass is 16.4. The van der Waals surface area contributed by atoms with Crippen molar-refractivity contribution >= 4 is 5.97 Å². The first-order valence-corrected chi connectivity index (χ1v) is 3.89. The Morgan fingerprint density at radius 2 is 2.21 bits per heavy atom. The van der Waals surface area contributed by atoms with Crippen molar-refractivity contribution < 1.29 is 9.90 Å². The first-order valence-electron chi connectivity index (χ1n) is 3.89. The highest BCUT2D eigenvalue weighted by Gasteiger charge is 2.03. The number of nitrogens with zero attached hydrogens (tertiary/aromatic N) is 1. The van der Waals surface area contributed by atoms with Crippen molar-refractivity contribution in [3.05, 3.63) is 34.9 Å². The van der Waals surface area contributed by atoms with Gasteiger partial charge in [0, 0.05) is 11.5 Å². The van der Waals surface area contributed by atoms with Crippen molar-refractivity contribution in [3.8, 4) is 17.9 Å². The fraction of sp³-hybridized carbons (Fsp3) is 0.0909. The van der Waals surface area contributed by atoms with Gasteiger partial charge >= 0.3 is 5.97 Å². The monoisotopic (exact) mass is 185 g/mol. The Bertz CT molecular complexity index is 472. The van der Waals surface area contributed by atoms with E-state index in [2.05, 4.69) is 11.8 Å². The Balaban J connectivity index is 3.15. The highest BCUT2D eigenvalue weighted by molar-refractivity contribution is 5.88. The Morgan fingerprint density at radius 3 is 2.71 bits per heavy atom. The summed E-state index contributed by atoms with van der Waals surface area (Å²) >= 11 is 0. The number of aromatic carboxylic acids is 1. The number of rotatable bonds is 1. The van der Waals surface area contributed by atoms with Crippen molar-refractivity contribution in [1.82, 2.24) is 0 Å². The molecule has 14 heavy (non-hydrogen) atoms. The van der Waals surface area contributed by atoms with Crippen LogP contribution in [0.1, 0.15) is 21.5 Å². The lowest BCUT2D eigenvalue weighted by Crippen LogP contribution is -1.97. The minimum atomic E-state index is -0.965. The molecule has 0 spiro atoms. The molecule has 0 heterocycles. The Morgan fingerprint density at radius 1 is 1.50 bits per heavy atom. The fourth-order valence-corrected chi connectivity index (χ4v) is 1.03. The van der Waals surface area contributed by atoms with Crippen LogP contribution in [0, 0.1) is 30.1 Å². The van der Waals surface area contributed by atoms with Crippen LogP contribution in [-0.2, 0) is 0 Å². The van der Waals surface area contributed by atoms with Crippen molar-refractivity contribution in [2.45, 2.75) is 6.92 Å². The molecule has 0 atom stereocenters. The topological polar surface area (TPSA) is 61.1 Å². The number of carbonyl (C=O) groups is 1. The second-order valence-electron chi connectivity index (χ2n) is 2.70. The highest BCUT2D eigenvalue weighted by Crippen LogP contribution is 2.09. The van der Waals surface area contributed by atoms with Gasteiger partial charge in [0.2, 0.25) is 0 Å². The van der Waals surface area contributed by atoms with Crippen LogP contribution >= 0.6 is 0 Å². The fourth-order valence-electron chi connectivity index (χ4n) is 1.03. The number of aryl methyl sites for hydroxylation is 1. The molecule has 1 aromatic carbocycles.